The Morgan fingerprint density at radius 3 is 2.28 bits per heavy atom. The van der Waals surface area contributed by atoms with Crippen LogP contribution < -0.4 is 5.32 Å². The predicted octanol–water partition coefficient (Wildman–Crippen LogP) is 2.94. The summed E-state index contributed by atoms with van der Waals surface area (Å²) < 4.78 is 26.6. The van der Waals surface area contributed by atoms with Gasteiger partial charge in [0.25, 0.3) is 6.43 Å². The number of alkyl halides is 2. The summed E-state index contributed by atoms with van der Waals surface area (Å²) >= 11 is 0. The quantitative estimate of drug-likeness (QED) is 0.816. The smallest absolute Gasteiger partial charge is 0.257 e. The van der Waals surface area contributed by atoms with Crippen LogP contribution in [0, 0.1) is 0 Å². The summed E-state index contributed by atoms with van der Waals surface area (Å²) in [6.07, 6.45) is 0.0725. The molecular weight excluding hydrogens is 236 g/mol. The van der Waals surface area contributed by atoms with Gasteiger partial charge < -0.3 is 5.32 Å². The number of halogens is 2. The highest BCUT2D eigenvalue weighted by Gasteiger charge is 2.22. The van der Waals surface area contributed by atoms with Crippen molar-refractivity contribution in [3.63, 3.8) is 0 Å². The first kappa shape index (κ1) is 15.1. The molecule has 18 heavy (non-hydrogen) atoms. The molecule has 0 bridgehead atoms. The van der Waals surface area contributed by atoms with Gasteiger partial charge in [-0.3, -0.25) is 4.68 Å². The van der Waals surface area contributed by atoms with E-state index in [1.165, 1.54) is 4.68 Å². The minimum absolute atomic E-state index is 0.196. The number of aromatic nitrogens is 2. The minimum Gasteiger partial charge on any atom is -0.313 e. The first-order valence-electron chi connectivity index (χ1n) is 6.62. The van der Waals surface area contributed by atoms with Crippen molar-refractivity contribution < 1.29 is 8.78 Å². The molecule has 0 aliphatic rings. The molecule has 5 heteroatoms. The van der Waals surface area contributed by atoms with Crippen LogP contribution in [0.25, 0.3) is 0 Å². The molecular formula is C13H23F2N3. The van der Waals surface area contributed by atoms with E-state index >= 15 is 0 Å². The van der Waals surface area contributed by atoms with Gasteiger partial charge in [-0.25, -0.2) is 8.78 Å². The Morgan fingerprint density at radius 2 is 1.89 bits per heavy atom. The number of nitrogens with zero attached hydrogens (tertiary/aromatic N) is 2. The first-order valence-corrected chi connectivity index (χ1v) is 6.62. The highest BCUT2D eigenvalue weighted by molar-refractivity contribution is 5.30. The lowest BCUT2D eigenvalue weighted by Crippen LogP contribution is -2.18. The van der Waals surface area contributed by atoms with E-state index in [1.54, 1.807) is 0 Å². The van der Waals surface area contributed by atoms with E-state index in [0.29, 0.717) is 0 Å². The van der Waals surface area contributed by atoms with Gasteiger partial charge in [0, 0.05) is 17.3 Å². The maximum Gasteiger partial charge on any atom is 0.257 e. The van der Waals surface area contributed by atoms with E-state index < -0.39 is 6.43 Å². The van der Waals surface area contributed by atoms with Gasteiger partial charge in [0.05, 0.1) is 5.69 Å². The van der Waals surface area contributed by atoms with Crippen molar-refractivity contribution in [2.24, 2.45) is 0 Å². The van der Waals surface area contributed by atoms with Crippen LogP contribution in [-0.2, 0) is 19.4 Å². The van der Waals surface area contributed by atoms with Crippen molar-refractivity contribution in [3.8, 4) is 0 Å². The average molecular weight is 259 g/mol. The molecule has 0 aliphatic carbocycles. The predicted molar refractivity (Wildman–Crippen MR) is 69.1 cm³/mol. The maximum atomic E-state index is 12.6. The third-order valence-electron chi connectivity index (χ3n) is 3.26. The summed E-state index contributed by atoms with van der Waals surface area (Å²) in [7, 11) is 1.90. The van der Waals surface area contributed by atoms with E-state index in [1.807, 2.05) is 20.9 Å². The van der Waals surface area contributed by atoms with Crippen molar-refractivity contribution in [1.82, 2.24) is 15.1 Å². The summed E-state index contributed by atoms with van der Waals surface area (Å²) in [5.74, 6) is 0. The fraction of sp³-hybridized carbons (Fsp3) is 0.769. The molecule has 1 aromatic rings. The van der Waals surface area contributed by atoms with E-state index in [-0.39, 0.29) is 12.6 Å². The normalized spacial score (nSPS) is 13.3. The minimum atomic E-state index is -2.36. The zero-order valence-electron chi connectivity index (χ0n) is 11.6. The summed E-state index contributed by atoms with van der Waals surface area (Å²) in [5, 5.41) is 7.60. The van der Waals surface area contributed by atoms with Crippen LogP contribution in [0.1, 0.15) is 50.2 Å². The Bertz CT molecular complexity index is 371. The summed E-state index contributed by atoms with van der Waals surface area (Å²) in [6.45, 7) is 5.78. The number of aryl methyl sites for hydroxylation is 1. The van der Waals surface area contributed by atoms with Gasteiger partial charge in [0.2, 0.25) is 0 Å². The third-order valence-corrected chi connectivity index (χ3v) is 3.26. The van der Waals surface area contributed by atoms with Crippen LogP contribution >= 0.6 is 0 Å². The number of rotatable bonds is 7. The fourth-order valence-corrected chi connectivity index (χ4v) is 2.44. The lowest BCUT2D eigenvalue weighted by Gasteiger charge is -2.16. The van der Waals surface area contributed by atoms with Crippen molar-refractivity contribution in [2.45, 2.75) is 59.0 Å². The second kappa shape index (κ2) is 6.83. The van der Waals surface area contributed by atoms with Crippen LogP contribution in [0.4, 0.5) is 8.78 Å². The Hall–Kier alpha value is -0.970. The van der Waals surface area contributed by atoms with Crippen LogP contribution in [-0.4, -0.2) is 23.3 Å². The molecule has 1 heterocycles. The van der Waals surface area contributed by atoms with Gasteiger partial charge in [0.15, 0.2) is 0 Å². The molecule has 1 aromatic heterocycles. The molecule has 104 valence electrons. The first-order chi connectivity index (χ1) is 8.58. The van der Waals surface area contributed by atoms with Crippen molar-refractivity contribution in [2.75, 3.05) is 7.05 Å². The standard InChI is InChI=1S/C13H23F2N3/c1-5-9(16-4)13-10(6-2)17-18(8-12(14)15)11(13)7-3/h9,12,16H,5-8H2,1-4H3. The summed E-state index contributed by atoms with van der Waals surface area (Å²) in [5.41, 5.74) is 2.99. The molecule has 0 saturated heterocycles. The van der Waals surface area contributed by atoms with Crippen molar-refractivity contribution in [3.05, 3.63) is 17.0 Å². The van der Waals surface area contributed by atoms with Gasteiger partial charge in [0.1, 0.15) is 6.54 Å². The van der Waals surface area contributed by atoms with Gasteiger partial charge in [-0.1, -0.05) is 20.8 Å². The highest BCUT2D eigenvalue weighted by Crippen LogP contribution is 2.26. The van der Waals surface area contributed by atoms with Gasteiger partial charge in [-0.15, -0.1) is 0 Å². The van der Waals surface area contributed by atoms with Crippen molar-refractivity contribution >= 4 is 0 Å². The van der Waals surface area contributed by atoms with E-state index in [0.717, 1.165) is 36.2 Å². The number of hydrogen-bond donors (Lipinski definition) is 1. The lowest BCUT2D eigenvalue weighted by atomic mass is 9.99. The van der Waals surface area contributed by atoms with Crippen LogP contribution in [0.5, 0.6) is 0 Å². The van der Waals surface area contributed by atoms with Crippen LogP contribution in [0.3, 0.4) is 0 Å². The second-order valence-electron chi connectivity index (χ2n) is 4.34. The monoisotopic (exact) mass is 259 g/mol. The third kappa shape index (κ3) is 3.07. The van der Waals surface area contributed by atoms with Crippen LogP contribution in [0.15, 0.2) is 0 Å². The summed E-state index contributed by atoms with van der Waals surface area (Å²) in [4.78, 5) is 0. The van der Waals surface area contributed by atoms with E-state index in [9.17, 15) is 8.78 Å². The molecule has 0 fully saturated rings. The Kier molecular flexibility index (Phi) is 5.72. The lowest BCUT2D eigenvalue weighted by molar-refractivity contribution is 0.120. The Morgan fingerprint density at radius 1 is 1.22 bits per heavy atom. The number of nitrogens with one attached hydrogen (secondary N) is 1. The molecule has 1 unspecified atom stereocenters. The zero-order chi connectivity index (χ0) is 13.7. The Labute approximate surface area is 108 Å². The highest BCUT2D eigenvalue weighted by atomic mass is 19.3. The van der Waals surface area contributed by atoms with Crippen LogP contribution in [0.2, 0.25) is 0 Å². The second-order valence-corrected chi connectivity index (χ2v) is 4.34. The summed E-state index contributed by atoms with van der Waals surface area (Å²) in [6, 6.07) is 0.196. The molecule has 1 atom stereocenters. The molecule has 1 rings (SSSR count). The zero-order valence-corrected chi connectivity index (χ0v) is 11.6. The SMILES string of the molecule is CCc1nn(CC(F)F)c(CC)c1C(CC)NC. The molecule has 0 spiro atoms. The molecule has 0 aliphatic heterocycles. The van der Waals surface area contributed by atoms with E-state index in [2.05, 4.69) is 17.3 Å². The molecule has 0 aromatic carbocycles. The molecule has 1 N–H and O–H groups in total. The van der Waals surface area contributed by atoms with Gasteiger partial charge in [-0.2, -0.15) is 5.10 Å². The van der Waals surface area contributed by atoms with Crippen molar-refractivity contribution in [1.29, 1.82) is 0 Å². The van der Waals surface area contributed by atoms with Gasteiger partial charge in [-0.05, 0) is 26.3 Å². The topological polar surface area (TPSA) is 29.9 Å². The molecule has 0 saturated carbocycles. The molecule has 0 radical (unpaired) electrons. The maximum absolute atomic E-state index is 12.6. The molecule has 0 amide bonds. The van der Waals surface area contributed by atoms with Gasteiger partial charge >= 0.3 is 0 Å². The average Bonchev–Trinajstić information content (AvgIpc) is 2.68. The number of hydrogen-bond acceptors (Lipinski definition) is 2. The Balaban J connectivity index is 3.24. The molecule has 3 nitrogen and oxygen atoms in total. The largest absolute Gasteiger partial charge is 0.313 e. The fourth-order valence-electron chi connectivity index (χ4n) is 2.44. The van der Waals surface area contributed by atoms with E-state index in [4.69, 9.17) is 0 Å².